The third kappa shape index (κ3) is 5.20. The number of hydrogen-bond acceptors (Lipinski definition) is 4. The molecule has 1 N–H and O–H groups in total. The zero-order valence-corrected chi connectivity index (χ0v) is 15.6. The number of rotatable bonds is 7. The molecule has 0 aliphatic carbocycles. The summed E-state index contributed by atoms with van der Waals surface area (Å²) in [7, 11) is 1.32. The molecule has 0 atom stereocenters. The van der Waals surface area contributed by atoms with Crippen LogP contribution in [0.5, 0.6) is 5.75 Å². The molecule has 5 nitrogen and oxygen atoms in total. The molecule has 0 bridgehead atoms. The maximum absolute atomic E-state index is 12.3. The van der Waals surface area contributed by atoms with E-state index in [1.807, 2.05) is 54.6 Å². The lowest BCUT2D eigenvalue weighted by Gasteiger charge is -2.09. The number of benzene rings is 3. The van der Waals surface area contributed by atoms with E-state index in [1.54, 1.807) is 24.3 Å². The van der Waals surface area contributed by atoms with Gasteiger partial charge in [-0.2, -0.15) is 0 Å². The molecular formula is C23H21NO4. The molecule has 3 aromatic carbocycles. The highest BCUT2D eigenvalue weighted by Gasteiger charge is 2.09. The Morgan fingerprint density at radius 1 is 0.821 bits per heavy atom. The third-order valence-electron chi connectivity index (χ3n) is 4.16. The van der Waals surface area contributed by atoms with E-state index in [-0.39, 0.29) is 5.91 Å². The smallest absolute Gasteiger partial charge is 0.337 e. The van der Waals surface area contributed by atoms with Crippen LogP contribution in [0.25, 0.3) is 0 Å². The number of ether oxygens (including phenoxy) is 2. The first kappa shape index (κ1) is 19.2. The molecule has 0 saturated heterocycles. The van der Waals surface area contributed by atoms with Crippen molar-refractivity contribution in [1.29, 1.82) is 0 Å². The summed E-state index contributed by atoms with van der Waals surface area (Å²) in [6.45, 7) is 0.859. The van der Waals surface area contributed by atoms with E-state index in [4.69, 9.17) is 4.74 Å². The molecule has 0 radical (unpaired) electrons. The highest BCUT2D eigenvalue weighted by molar-refractivity contribution is 5.96. The molecule has 0 spiro atoms. The molecule has 3 rings (SSSR count). The summed E-state index contributed by atoms with van der Waals surface area (Å²) in [4.78, 5) is 23.8. The third-order valence-corrected chi connectivity index (χ3v) is 4.16. The number of nitrogens with one attached hydrogen (secondary N) is 1. The summed E-state index contributed by atoms with van der Waals surface area (Å²) in [5, 5.41) is 2.88. The van der Waals surface area contributed by atoms with E-state index in [0.29, 0.717) is 24.3 Å². The van der Waals surface area contributed by atoms with E-state index in [9.17, 15) is 9.59 Å². The van der Waals surface area contributed by atoms with E-state index < -0.39 is 5.97 Å². The second kappa shape index (κ2) is 9.37. The van der Waals surface area contributed by atoms with Gasteiger partial charge in [0.2, 0.25) is 0 Å². The second-order valence-corrected chi connectivity index (χ2v) is 6.17. The molecule has 0 saturated carbocycles. The predicted molar refractivity (Wildman–Crippen MR) is 106 cm³/mol. The zero-order valence-electron chi connectivity index (χ0n) is 15.6. The van der Waals surface area contributed by atoms with Gasteiger partial charge < -0.3 is 14.8 Å². The summed E-state index contributed by atoms with van der Waals surface area (Å²) in [6.07, 6.45) is 0. The van der Waals surface area contributed by atoms with E-state index in [0.717, 1.165) is 16.9 Å². The molecule has 0 heterocycles. The number of hydrogen-bond donors (Lipinski definition) is 1. The molecule has 0 aliphatic heterocycles. The standard InChI is InChI=1S/C23H21NO4/c1-27-23(26)20-12-10-19(11-13-20)22(25)24-15-17-6-5-7-18(14-17)16-28-21-8-3-2-4-9-21/h2-14H,15-16H2,1H3,(H,24,25). The van der Waals surface area contributed by atoms with Crippen molar-refractivity contribution in [3.05, 3.63) is 101 Å². The van der Waals surface area contributed by atoms with Crippen LogP contribution in [0.15, 0.2) is 78.9 Å². The van der Waals surface area contributed by atoms with Crippen LogP contribution >= 0.6 is 0 Å². The number of carbonyl (C=O) groups excluding carboxylic acids is 2. The lowest BCUT2D eigenvalue weighted by molar-refractivity contribution is 0.0600. The van der Waals surface area contributed by atoms with Crippen molar-refractivity contribution in [1.82, 2.24) is 5.32 Å². The Labute approximate surface area is 163 Å². The predicted octanol–water partition coefficient (Wildman–Crippen LogP) is 3.98. The lowest BCUT2D eigenvalue weighted by atomic mass is 10.1. The minimum Gasteiger partial charge on any atom is -0.489 e. The first-order valence-electron chi connectivity index (χ1n) is 8.88. The number of amides is 1. The minimum atomic E-state index is -0.429. The topological polar surface area (TPSA) is 64.6 Å². The summed E-state index contributed by atoms with van der Waals surface area (Å²) in [6, 6.07) is 23.9. The number of para-hydroxylation sites is 1. The molecule has 1 amide bonds. The fourth-order valence-electron chi connectivity index (χ4n) is 2.67. The maximum Gasteiger partial charge on any atom is 0.337 e. The van der Waals surface area contributed by atoms with Crippen LogP contribution in [0.2, 0.25) is 0 Å². The van der Waals surface area contributed by atoms with E-state index >= 15 is 0 Å². The Kier molecular flexibility index (Phi) is 6.41. The average molecular weight is 375 g/mol. The van der Waals surface area contributed by atoms with Crippen LogP contribution in [0.1, 0.15) is 31.8 Å². The summed E-state index contributed by atoms with van der Waals surface area (Å²) in [5.74, 6) is 0.181. The highest BCUT2D eigenvalue weighted by atomic mass is 16.5. The Morgan fingerprint density at radius 2 is 1.50 bits per heavy atom. The van der Waals surface area contributed by atoms with Crippen LogP contribution in [-0.2, 0) is 17.9 Å². The van der Waals surface area contributed by atoms with Crippen molar-refractivity contribution >= 4 is 11.9 Å². The molecule has 0 fully saturated rings. The highest BCUT2D eigenvalue weighted by Crippen LogP contribution is 2.13. The van der Waals surface area contributed by atoms with Crippen molar-refractivity contribution in [3.63, 3.8) is 0 Å². The zero-order chi connectivity index (χ0) is 19.8. The van der Waals surface area contributed by atoms with Gasteiger partial charge in [-0.15, -0.1) is 0 Å². The molecule has 3 aromatic rings. The molecule has 28 heavy (non-hydrogen) atoms. The van der Waals surface area contributed by atoms with Crippen LogP contribution in [0, 0.1) is 0 Å². The van der Waals surface area contributed by atoms with Gasteiger partial charge in [0.25, 0.3) is 5.91 Å². The Bertz CT molecular complexity index is 936. The second-order valence-electron chi connectivity index (χ2n) is 6.17. The molecule has 0 aromatic heterocycles. The van der Waals surface area contributed by atoms with Gasteiger partial charge in [0.1, 0.15) is 12.4 Å². The van der Waals surface area contributed by atoms with Crippen LogP contribution in [0.4, 0.5) is 0 Å². The molecular weight excluding hydrogens is 354 g/mol. The SMILES string of the molecule is COC(=O)c1ccc(C(=O)NCc2cccc(COc3ccccc3)c2)cc1. The van der Waals surface area contributed by atoms with Crippen molar-refractivity contribution < 1.29 is 19.1 Å². The van der Waals surface area contributed by atoms with Gasteiger partial charge in [-0.3, -0.25) is 4.79 Å². The van der Waals surface area contributed by atoms with Crippen LogP contribution in [0.3, 0.4) is 0 Å². The minimum absolute atomic E-state index is 0.206. The van der Waals surface area contributed by atoms with Gasteiger partial charge in [0.05, 0.1) is 12.7 Å². The Morgan fingerprint density at radius 3 is 2.21 bits per heavy atom. The normalized spacial score (nSPS) is 10.2. The summed E-state index contributed by atoms with van der Waals surface area (Å²) in [5.41, 5.74) is 2.90. The largest absolute Gasteiger partial charge is 0.489 e. The average Bonchev–Trinajstić information content (AvgIpc) is 2.76. The van der Waals surface area contributed by atoms with E-state index in [2.05, 4.69) is 10.1 Å². The summed E-state index contributed by atoms with van der Waals surface area (Å²) >= 11 is 0. The molecule has 5 heteroatoms. The van der Waals surface area contributed by atoms with Gasteiger partial charge in [-0.25, -0.2) is 4.79 Å². The van der Waals surface area contributed by atoms with Crippen LogP contribution in [-0.4, -0.2) is 19.0 Å². The van der Waals surface area contributed by atoms with Gasteiger partial charge in [-0.1, -0.05) is 42.5 Å². The fourth-order valence-corrected chi connectivity index (χ4v) is 2.67. The van der Waals surface area contributed by atoms with Crippen molar-refractivity contribution in [2.75, 3.05) is 7.11 Å². The maximum atomic E-state index is 12.3. The Hall–Kier alpha value is -3.60. The fraction of sp³-hybridized carbons (Fsp3) is 0.130. The van der Waals surface area contributed by atoms with Gasteiger partial charge in [0, 0.05) is 12.1 Å². The monoisotopic (exact) mass is 375 g/mol. The lowest BCUT2D eigenvalue weighted by Crippen LogP contribution is -2.22. The number of esters is 1. The number of carbonyl (C=O) groups is 2. The number of methoxy groups -OCH3 is 1. The molecule has 142 valence electrons. The van der Waals surface area contributed by atoms with Crippen molar-refractivity contribution in [3.8, 4) is 5.75 Å². The Balaban J connectivity index is 1.55. The first-order valence-corrected chi connectivity index (χ1v) is 8.88. The van der Waals surface area contributed by atoms with Crippen molar-refractivity contribution in [2.45, 2.75) is 13.2 Å². The van der Waals surface area contributed by atoms with Gasteiger partial charge >= 0.3 is 5.97 Å². The van der Waals surface area contributed by atoms with Crippen LogP contribution < -0.4 is 10.1 Å². The first-order chi connectivity index (χ1) is 13.7. The van der Waals surface area contributed by atoms with E-state index in [1.165, 1.54) is 7.11 Å². The molecule has 0 aliphatic rings. The van der Waals surface area contributed by atoms with Gasteiger partial charge in [0.15, 0.2) is 0 Å². The van der Waals surface area contributed by atoms with Crippen molar-refractivity contribution in [2.24, 2.45) is 0 Å². The van der Waals surface area contributed by atoms with Gasteiger partial charge in [-0.05, 0) is 47.5 Å². The molecule has 0 unspecified atom stereocenters. The summed E-state index contributed by atoms with van der Waals surface area (Å²) < 4.78 is 10.4. The quantitative estimate of drug-likeness (QED) is 0.635.